The van der Waals surface area contributed by atoms with Crippen molar-refractivity contribution in [3.8, 4) is 11.6 Å². The normalized spacial score (nSPS) is 15.7. The van der Waals surface area contributed by atoms with Gasteiger partial charge in [0.2, 0.25) is 17.6 Å². The first-order valence-electron chi connectivity index (χ1n) is 10.0. The van der Waals surface area contributed by atoms with Gasteiger partial charge in [0, 0.05) is 31.8 Å². The van der Waals surface area contributed by atoms with Gasteiger partial charge in [0.1, 0.15) is 0 Å². The van der Waals surface area contributed by atoms with E-state index in [-0.39, 0.29) is 11.8 Å². The van der Waals surface area contributed by atoms with Crippen LogP contribution in [0.25, 0.3) is 11.6 Å². The number of aryl methyl sites for hydroxylation is 1. The predicted octanol–water partition coefficient (Wildman–Crippen LogP) is 4.44. The fraction of sp³-hybridized carbons (Fsp3) is 0.208. The summed E-state index contributed by atoms with van der Waals surface area (Å²) in [4.78, 5) is 19.3. The van der Waals surface area contributed by atoms with Crippen molar-refractivity contribution in [1.82, 2.24) is 15.0 Å². The molecule has 1 amide bonds. The minimum Gasteiger partial charge on any atom is -0.461 e. The van der Waals surface area contributed by atoms with Crippen LogP contribution in [0.2, 0.25) is 0 Å². The average molecular weight is 399 g/mol. The Hall–Kier alpha value is -3.67. The van der Waals surface area contributed by atoms with Gasteiger partial charge in [-0.3, -0.25) is 4.79 Å². The number of hydrogen-bond donors (Lipinski definition) is 0. The second kappa shape index (κ2) is 7.99. The minimum absolute atomic E-state index is 0.0863. The molecule has 6 heteroatoms. The van der Waals surface area contributed by atoms with Crippen molar-refractivity contribution in [2.24, 2.45) is 0 Å². The van der Waals surface area contributed by atoms with Crippen molar-refractivity contribution in [1.29, 1.82) is 0 Å². The molecule has 0 fully saturated rings. The molecule has 1 aliphatic heterocycles. The third kappa shape index (κ3) is 3.64. The highest BCUT2D eigenvalue weighted by Crippen LogP contribution is 2.33. The van der Waals surface area contributed by atoms with Crippen LogP contribution in [0.1, 0.15) is 34.9 Å². The standard InChI is InChI=1S/C24H21N3O3/c28-23(13-12-22-25-24(26-30-22)21-11-6-14-29-21)27-15-18-9-4-5-10-19(18)20(16-27)17-7-2-1-3-8-17/h1-11,14,20H,12-13,15-16H2/t20-/m0/s1. The van der Waals surface area contributed by atoms with Crippen molar-refractivity contribution < 1.29 is 13.7 Å². The topological polar surface area (TPSA) is 72.4 Å². The van der Waals surface area contributed by atoms with Crippen LogP contribution in [0.5, 0.6) is 0 Å². The van der Waals surface area contributed by atoms with Crippen LogP contribution in [0.4, 0.5) is 0 Å². The Morgan fingerprint density at radius 1 is 1.03 bits per heavy atom. The maximum atomic E-state index is 13.0. The number of furan rings is 1. The molecule has 150 valence electrons. The quantitative estimate of drug-likeness (QED) is 0.496. The zero-order valence-electron chi connectivity index (χ0n) is 16.4. The number of amides is 1. The molecule has 0 unspecified atom stereocenters. The smallest absolute Gasteiger partial charge is 0.238 e. The first-order valence-corrected chi connectivity index (χ1v) is 10.0. The molecule has 1 aliphatic rings. The summed E-state index contributed by atoms with van der Waals surface area (Å²) in [5.74, 6) is 1.65. The molecule has 0 N–H and O–H groups in total. The highest BCUT2D eigenvalue weighted by molar-refractivity contribution is 5.77. The van der Waals surface area contributed by atoms with Crippen LogP contribution in [0.15, 0.2) is 81.9 Å². The van der Waals surface area contributed by atoms with Crippen molar-refractivity contribution >= 4 is 5.91 Å². The molecule has 4 aromatic rings. The number of fused-ring (bicyclic) bond motifs is 1. The third-order valence-electron chi connectivity index (χ3n) is 5.51. The van der Waals surface area contributed by atoms with E-state index in [4.69, 9.17) is 8.94 Å². The number of nitrogens with zero attached hydrogens (tertiary/aromatic N) is 3. The van der Waals surface area contributed by atoms with E-state index in [0.717, 1.165) is 0 Å². The number of benzene rings is 2. The largest absolute Gasteiger partial charge is 0.461 e. The number of carbonyl (C=O) groups is 1. The molecule has 2 aromatic heterocycles. The molecule has 30 heavy (non-hydrogen) atoms. The third-order valence-corrected chi connectivity index (χ3v) is 5.51. The van der Waals surface area contributed by atoms with Crippen molar-refractivity contribution in [3.63, 3.8) is 0 Å². The summed E-state index contributed by atoms with van der Waals surface area (Å²) in [6, 6.07) is 22.3. The molecule has 3 heterocycles. The Kier molecular flexibility index (Phi) is 4.89. The molecule has 0 radical (unpaired) electrons. The molecule has 1 atom stereocenters. The van der Waals surface area contributed by atoms with Crippen molar-refractivity contribution in [2.45, 2.75) is 25.3 Å². The van der Waals surface area contributed by atoms with Gasteiger partial charge in [-0.25, -0.2) is 0 Å². The number of aromatic nitrogens is 2. The first kappa shape index (κ1) is 18.4. The van der Waals surface area contributed by atoms with Gasteiger partial charge in [-0.2, -0.15) is 4.98 Å². The second-order valence-corrected chi connectivity index (χ2v) is 7.43. The second-order valence-electron chi connectivity index (χ2n) is 7.43. The monoisotopic (exact) mass is 399 g/mol. The molecule has 0 bridgehead atoms. The molecule has 5 rings (SSSR count). The van der Waals surface area contributed by atoms with Crippen LogP contribution < -0.4 is 0 Å². The highest BCUT2D eigenvalue weighted by atomic mass is 16.5. The molecule has 0 saturated heterocycles. The summed E-state index contributed by atoms with van der Waals surface area (Å²) in [5.41, 5.74) is 3.72. The zero-order valence-corrected chi connectivity index (χ0v) is 16.4. The van der Waals surface area contributed by atoms with E-state index >= 15 is 0 Å². The van der Waals surface area contributed by atoms with E-state index in [0.29, 0.717) is 43.4 Å². The van der Waals surface area contributed by atoms with E-state index in [1.54, 1.807) is 18.4 Å². The first-order chi connectivity index (χ1) is 14.8. The SMILES string of the molecule is O=C(CCc1nc(-c2ccco2)no1)N1Cc2ccccc2[C@H](c2ccccc2)C1. The summed E-state index contributed by atoms with van der Waals surface area (Å²) in [6.07, 6.45) is 2.29. The van der Waals surface area contributed by atoms with Gasteiger partial charge in [0.05, 0.1) is 6.26 Å². The van der Waals surface area contributed by atoms with Gasteiger partial charge < -0.3 is 13.8 Å². The van der Waals surface area contributed by atoms with Gasteiger partial charge in [-0.05, 0) is 28.8 Å². The van der Waals surface area contributed by atoms with Crippen LogP contribution in [-0.2, 0) is 17.8 Å². The van der Waals surface area contributed by atoms with Gasteiger partial charge in [0.25, 0.3) is 0 Å². The Morgan fingerprint density at radius 2 is 1.87 bits per heavy atom. The Labute approximate surface area is 174 Å². The van der Waals surface area contributed by atoms with Crippen LogP contribution in [0, 0.1) is 0 Å². The van der Waals surface area contributed by atoms with E-state index in [2.05, 4.69) is 40.5 Å². The van der Waals surface area contributed by atoms with E-state index in [1.165, 1.54) is 16.7 Å². The lowest BCUT2D eigenvalue weighted by molar-refractivity contribution is -0.132. The van der Waals surface area contributed by atoms with E-state index in [1.807, 2.05) is 29.2 Å². The summed E-state index contributed by atoms with van der Waals surface area (Å²) in [6.45, 7) is 1.29. The van der Waals surface area contributed by atoms with Crippen LogP contribution in [-0.4, -0.2) is 27.5 Å². The fourth-order valence-corrected chi connectivity index (χ4v) is 4.00. The Balaban J connectivity index is 1.30. The lowest BCUT2D eigenvalue weighted by Gasteiger charge is -2.35. The predicted molar refractivity (Wildman–Crippen MR) is 110 cm³/mol. The summed E-state index contributed by atoms with van der Waals surface area (Å²) in [7, 11) is 0. The van der Waals surface area contributed by atoms with Gasteiger partial charge in [-0.1, -0.05) is 59.8 Å². The molecular formula is C24H21N3O3. The molecule has 0 saturated carbocycles. The van der Waals surface area contributed by atoms with Crippen LogP contribution in [0.3, 0.4) is 0 Å². The summed E-state index contributed by atoms with van der Waals surface area (Å²) < 4.78 is 10.6. The van der Waals surface area contributed by atoms with Gasteiger partial charge in [0.15, 0.2) is 5.76 Å². The molecule has 2 aromatic carbocycles. The Bertz CT molecular complexity index is 1140. The molecular weight excluding hydrogens is 378 g/mol. The fourth-order valence-electron chi connectivity index (χ4n) is 4.00. The number of carbonyl (C=O) groups excluding carboxylic acids is 1. The van der Waals surface area contributed by atoms with E-state index < -0.39 is 0 Å². The average Bonchev–Trinajstić information content (AvgIpc) is 3.49. The van der Waals surface area contributed by atoms with Gasteiger partial charge >= 0.3 is 0 Å². The molecule has 0 spiro atoms. The van der Waals surface area contributed by atoms with Crippen LogP contribution >= 0.6 is 0 Å². The Morgan fingerprint density at radius 3 is 2.70 bits per heavy atom. The maximum absolute atomic E-state index is 13.0. The highest BCUT2D eigenvalue weighted by Gasteiger charge is 2.29. The molecule has 6 nitrogen and oxygen atoms in total. The maximum Gasteiger partial charge on any atom is 0.238 e. The molecule has 0 aliphatic carbocycles. The lowest BCUT2D eigenvalue weighted by atomic mass is 9.84. The van der Waals surface area contributed by atoms with Gasteiger partial charge in [-0.15, -0.1) is 0 Å². The number of hydrogen-bond acceptors (Lipinski definition) is 5. The van der Waals surface area contributed by atoms with Crippen molar-refractivity contribution in [2.75, 3.05) is 6.54 Å². The summed E-state index contributed by atoms with van der Waals surface area (Å²) in [5, 5.41) is 3.93. The number of rotatable bonds is 5. The zero-order chi connectivity index (χ0) is 20.3. The van der Waals surface area contributed by atoms with Crippen molar-refractivity contribution in [3.05, 3.63) is 95.6 Å². The minimum atomic E-state index is 0.0863. The lowest BCUT2D eigenvalue weighted by Crippen LogP contribution is -2.38. The van der Waals surface area contributed by atoms with E-state index in [9.17, 15) is 4.79 Å². The summed E-state index contributed by atoms with van der Waals surface area (Å²) >= 11 is 0.